The Balaban J connectivity index is 3.35. The fraction of sp³-hybridized carbons (Fsp3) is 0.300. The van der Waals surface area contributed by atoms with E-state index in [1.165, 1.54) is 0 Å². The maximum absolute atomic E-state index is 11.4. The topological polar surface area (TPSA) is 54.4 Å². The van der Waals surface area contributed by atoms with Gasteiger partial charge in [-0.05, 0) is 31.9 Å². The maximum atomic E-state index is 11.4. The van der Waals surface area contributed by atoms with Crippen LogP contribution in [0.1, 0.15) is 27.0 Å². The summed E-state index contributed by atoms with van der Waals surface area (Å²) in [5.41, 5.74) is 2.32. The van der Waals surface area contributed by atoms with Gasteiger partial charge in [-0.2, -0.15) is 0 Å². The largest absolute Gasteiger partial charge is 0.341 e. The number of carbonyl (C=O) groups excluding carboxylic acids is 1. The highest BCUT2D eigenvalue weighted by Gasteiger charge is 2.16. The SMILES string of the molecule is Cc1cc(C)c(C(=O)[PH](=O)O)c(C)c1. The van der Waals surface area contributed by atoms with Gasteiger partial charge in [0.2, 0.25) is 5.52 Å². The van der Waals surface area contributed by atoms with Gasteiger partial charge >= 0.3 is 0 Å². The van der Waals surface area contributed by atoms with Crippen molar-refractivity contribution < 1.29 is 14.3 Å². The van der Waals surface area contributed by atoms with E-state index in [9.17, 15) is 9.36 Å². The van der Waals surface area contributed by atoms with Crippen LogP contribution in [-0.2, 0) is 4.57 Å². The second kappa shape index (κ2) is 4.07. The van der Waals surface area contributed by atoms with Crippen molar-refractivity contribution in [3.8, 4) is 0 Å². The third kappa shape index (κ3) is 2.11. The molecule has 14 heavy (non-hydrogen) atoms. The molecular formula is C10H13O3P. The van der Waals surface area contributed by atoms with Crippen LogP contribution in [-0.4, -0.2) is 10.4 Å². The Kier molecular flexibility index (Phi) is 3.25. The molecule has 0 aliphatic rings. The number of carbonyl (C=O) groups is 1. The first-order valence-corrected chi connectivity index (χ1v) is 5.64. The Morgan fingerprint density at radius 1 is 1.21 bits per heavy atom. The van der Waals surface area contributed by atoms with Crippen molar-refractivity contribution in [3.05, 3.63) is 34.4 Å². The van der Waals surface area contributed by atoms with Crippen LogP contribution in [0.2, 0.25) is 0 Å². The Morgan fingerprint density at radius 2 is 1.64 bits per heavy atom. The Morgan fingerprint density at radius 3 is 2.00 bits per heavy atom. The maximum Gasteiger partial charge on any atom is 0.257 e. The Bertz CT molecular complexity index is 387. The van der Waals surface area contributed by atoms with E-state index in [0.717, 1.165) is 16.7 Å². The number of aryl methyl sites for hydroxylation is 3. The van der Waals surface area contributed by atoms with Crippen molar-refractivity contribution in [1.82, 2.24) is 0 Å². The standard InChI is InChI=1S/C10H13O3P/c1-6-4-7(2)9(8(3)5-6)10(11)14(12)13/h4-5,14H,1-3H3,(H,12,13). The van der Waals surface area contributed by atoms with Gasteiger partial charge in [0.25, 0.3) is 8.03 Å². The molecule has 0 fully saturated rings. The van der Waals surface area contributed by atoms with E-state index in [1.54, 1.807) is 13.8 Å². The molecular weight excluding hydrogens is 199 g/mol. The van der Waals surface area contributed by atoms with Crippen LogP contribution in [0, 0.1) is 20.8 Å². The lowest BCUT2D eigenvalue weighted by Crippen LogP contribution is -2.00. The number of rotatable bonds is 2. The lowest BCUT2D eigenvalue weighted by atomic mass is 10.0. The number of benzene rings is 1. The molecule has 0 saturated carbocycles. The van der Waals surface area contributed by atoms with Crippen LogP contribution >= 0.6 is 8.03 Å². The molecule has 1 aromatic rings. The van der Waals surface area contributed by atoms with Gasteiger partial charge in [0, 0.05) is 5.56 Å². The predicted octanol–water partition coefficient (Wildman–Crippen LogP) is 2.22. The van der Waals surface area contributed by atoms with Gasteiger partial charge in [0.15, 0.2) is 0 Å². The minimum Gasteiger partial charge on any atom is -0.341 e. The molecule has 4 heteroatoms. The third-order valence-corrected chi connectivity index (χ3v) is 2.74. The Labute approximate surface area is 83.6 Å². The van der Waals surface area contributed by atoms with Gasteiger partial charge in [0.05, 0.1) is 0 Å². The van der Waals surface area contributed by atoms with Crippen molar-refractivity contribution in [2.75, 3.05) is 0 Å². The molecule has 0 aliphatic carbocycles. The highest BCUT2D eigenvalue weighted by Crippen LogP contribution is 2.27. The average Bonchev–Trinajstić information content (AvgIpc) is 2.01. The summed E-state index contributed by atoms with van der Waals surface area (Å²) in [5.74, 6) is 0. The molecule has 1 N–H and O–H groups in total. The molecule has 76 valence electrons. The van der Waals surface area contributed by atoms with Crippen molar-refractivity contribution >= 4 is 13.6 Å². The van der Waals surface area contributed by atoms with Crippen molar-refractivity contribution in [3.63, 3.8) is 0 Å². The summed E-state index contributed by atoms with van der Waals surface area (Å²) in [4.78, 5) is 20.2. The van der Waals surface area contributed by atoms with E-state index in [-0.39, 0.29) is 0 Å². The first-order valence-electron chi connectivity index (χ1n) is 4.29. The molecule has 1 rings (SSSR count). The molecule has 0 amide bonds. The van der Waals surface area contributed by atoms with E-state index in [1.807, 2.05) is 19.1 Å². The zero-order chi connectivity index (χ0) is 10.9. The lowest BCUT2D eigenvalue weighted by molar-refractivity contribution is 0.106. The highest BCUT2D eigenvalue weighted by molar-refractivity contribution is 7.59. The van der Waals surface area contributed by atoms with Gasteiger partial charge in [-0.15, -0.1) is 0 Å². The minimum atomic E-state index is -3.11. The third-order valence-electron chi connectivity index (χ3n) is 2.10. The number of hydrogen-bond acceptors (Lipinski definition) is 2. The molecule has 3 nitrogen and oxygen atoms in total. The second-order valence-electron chi connectivity index (χ2n) is 3.41. The van der Waals surface area contributed by atoms with E-state index in [2.05, 4.69) is 0 Å². The summed E-state index contributed by atoms with van der Waals surface area (Å²) in [6.45, 7) is 5.48. The summed E-state index contributed by atoms with van der Waals surface area (Å²) in [6, 6.07) is 3.68. The van der Waals surface area contributed by atoms with E-state index in [0.29, 0.717) is 5.56 Å². The molecule has 1 unspecified atom stereocenters. The quantitative estimate of drug-likeness (QED) is 0.764. The van der Waals surface area contributed by atoms with Gasteiger partial charge in [-0.25, -0.2) is 0 Å². The average molecular weight is 212 g/mol. The highest BCUT2D eigenvalue weighted by atomic mass is 31.1. The van der Waals surface area contributed by atoms with Crippen LogP contribution in [0.15, 0.2) is 12.1 Å². The molecule has 0 heterocycles. The molecule has 0 spiro atoms. The van der Waals surface area contributed by atoms with Crippen molar-refractivity contribution in [2.24, 2.45) is 0 Å². The van der Waals surface area contributed by atoms with E-state index < -0.39 is 13.6 Å². The van der Waals surface area contributed by atoms with Crippen LogP contribution < -0.4 is 0 Å². The zero-order valence-corrected chi connectivity index (χ0v) is 9.42. The molecule has 1 atom stereocenters. The predicted molar refractivity (Wildman–Crippen MR) is 56.2 cm³/mol. The molecule has 0 aliphatic heterocycles. The zero-order valence-electron chi connectivity index (χ0n) is 8.42. The number of hydrogen-bond donors (Lipinski definition) is 1. The summed E-state index contributed by atoms with van der Waals surface area (Å²) in [7, 11) is -3.11. The van der Waals surface area contributed by atoms with Gasteiger partial charge in [-0.1, -0.05) is 17.7 Å². The van der Waals surface area contributed by atoms with E-state index in [4.69, 9.17) is 4.89 Å². The Hall–Kier alpha value is -0.920. The van der Waals surface area contributed by atoms with Crippen molar-refractivity contribution in [1.29, 1.82) is 0 Å². The first kappa shape index (κ1) is 11.2. The molecule has 1 aromatic carbocycles. The normalized spacial score (nSPS) is 12.6. The van der Waals surface area contributed by atoms with E-state index >= 15 is 0 Å². The summed E-state index contributed by atoms with van der Waals surface area (Å²) < 4.78 is 10.7. The fourth-order valence-electron chi connectivity index (χ4n) is 1.65. The fourth-order valence-corrected chi connectivity index (χ4v) is 2.25. The first-order chi connectivity index (χ1) is 6.43. The van der Waals surface area contributed by atoms with Gasteiger partial charge < -0.3 is 4.89 Å². The summed E-state index contributed by atoms with van der Waals surface area (Å²) >= 11 is 0. The monoisotopic (exact) mass is 212 g/mol. The van der Waals surface area contributed by atoms with Crippen LogP contribution in [0.25, 0.3) is 0 Å². The van der Waals surface area contributed by atoms with Crippen LogP contribution in [0.3, 0.4) is 0 Å². The summed E-state index contributed by atoms with van der Waals surface area (Å²) in [6.07, 6.45) is 0. The minimum absolute atomic E-state index is 0.391. The molecule has 0 radical (unpaired) electrons. The molecule has 0 bridgehead atoms. The van der Waals surface area contributed by atoms with Gasteiger partial charge in [0.1, 0.15) is 0 Å². The lowest BCUT2D eigenvalue weighted by Gasteiger charge is -2.08. The second-order valence-corrected chi connectivity index (χ2v) is 4.47. The van der Waals surface area contributed by atoms with Crippen molar-refractivity contribution in [2.45, 2.75) is 20.8 Å². The van der Waals surface area contributed by atoms with Crippen LogP contribution in [0.5, 0.6) is 0 Å². The smallest absolute Gasteiger partial charge is 0.257 e. The molecule has 0 saturated heterocycles. The molecule has 0 aromatic heterocycles. The van der Waals surface area contributed by atoms with Crippen LogP contribution in [0.4, 0.5) is 0 Å². The summed E-state index contributed by atoms with van der Waals surface area (Å²) in [5, 5.41) is 0. The van der Waals surface area contributed by atoms with Gasteiger partial charge in [-0.3, -0.25) is 9.36 Å².